The van der Waals surface area contributed by atoms with Crippen molar-refractivity contribution in [2.24, 2.45) is 0 Å². The van der Waals surface area contributed by atoms with Crippen molar-refractivity contribution in [2.75, 3.05) is 11.4 Å². The number of halogens is 1. The minimum Gasteiger partial charge on any atom is -0.359 e. The van der Waals surface area contributed by atoms with Crippen LogP contribution in [0.1, 0.15) is 49.9 Å². The molecule has 0 amide bonds. The summed E-state index contributed by atoms with van der Waals surface area (Å²) in [6, 6.07) is 6.65. The normalized spacial score (nSPS) is 17.5. The monoisotopic (exact) mass is 299 g/mol. The van der Waals surface area contributed by atoms with E-state index in [0.29, 0.717) is 18.2 Å². The van der Waals surface area contributed by atoms with Gasteiger partial charge < -0.3 is 9.47 Å². The second kappa shape index (κ2) is 5.41. The zero-order valence-corrected chi connectivity index (χ0v) is 12.9. The largest absolute Gasteiger partial charge is 0.359 e. The van der Waals surface area contributed by atoms with E-state index in [2.05, 4.69) is 28.6 Å². The van der Waals surface area contributed by atoms with Gasteiger partial charge in [0.25, 0.3) is 0 Å². The Balaban J connectivity index is 2.03. The SMILES string of the molecule is CC(C)c1nnc2n1CCN(c1cccc(F)c1C#N)C2C. The summed E-state index contributed by atoms with van der Waals surface area (Å²) in [7, 11) is 0. The molecule has 1 aromatic carbocycles. The number of hydrogen-bond donors (Lipinski definition) is 0. The molecule has 1 unspecified atom stereocenters. The van der Waals surface area contributed by atoms with Gasteiger partial charge in [-0.3, -0.25) is 0 Å². The first-order valence-corrected chi connectivity index (χ1v) is 7.42. The molecule has 114 valence electrons. The third-order valence-electron chi connectivity index (χ3n) is 4.14. The van der Waals surface area contributed by atoms with Crippen LogP contribution in [-0.2, 0) is 6.54 Å². The Labute approximate surface area is 129 Å². The van der Waals surface area contributed by atoms with E-state index in [0.717, 1.165) is 18.2 Å². The summed E-state index contributed by atoms with van der Waals surface area (Å²) < 4.78 is 16.0. The van der Waals surface area contributed by atoms with Crippen molar-refractivity contribution in [3.05, 3.63) is 41.2 Å². The van der Waals surface area contributed by atoms with Crippen molar-refractivity contribution < 1.29 is 4.39 Å². The van der Waals surface area contributed by atoms with Crippen LogP contribution in [0.2, 0.25) is 0 Å². The summed E-state index contributed by atoms with van der Waals surface area (Å²) in [5.74, 6) is 1.66. The maximum atomic E-state index is 13.9. The highest BCUT2D eigenvalue weighted by molar-refractivity contribution is 5.61. The Bertz CT molecular complexity index is 743. The Kier molecular flexibility index (Phi) is 3.57. The maximum absolute atomic E-state index is 13.9. The predicted molar refractivity (Wildman–Crippen MR) is 81.0 cm³/mol. The van der Waals surface area contributed by atoms with Gasteiger partial charge in [0.15, 0.2) is 5.82 Å². The fraction of sp³-hybridized carbons (Fsp3) is 0.438. The van der Waals surface area contributed by atoms with Crippen molar-refractivity contribution >= 4 is 5.69 Å². The molecule has 5 nitrogen and oxygen atoms in total. The first-order valence-electron chi connectivity index (χ1n) is 7.42. The molecule has 0 N–H and O–H groups in total. The van der Waals surface area contributed by atoms with Crippen LogP contribution in [0.5, 0.6) is 0 Å². The van der Waals surface area contributed by atoms with Gasteiger partial charge in [-0.15, -0.1) is 10.2 Å². The number of anilines is 1. The summed E-state index contributed by atoms with van der Waals surface area (Å²) >= 11 is 0. The first kappa shape index (κ1) is 14.5. The highest BCUT2D eigenvalue weighted by Gasteiger charge is 2.30. The molecule has 6 heteroatoms. The Morgan fingerprint density at radius 2 is 2.09 bits per heavy atom. The molecule has 0 radical (unpaired) electrons. The summed E-state index contributed by atoms with van der Waals surface area (Å²) in [4.78, 5) is 2.02. The molecule has 0 fully saturated rings. The Morgan fingerprint density at radius 3 is 2.77 bits per heavy atom. The molecule has 0 saturated heterocycles. The van der Waals surface area contributed by atoms with Crippen molar-refractivity contribution in [3.63, 3.8) is 0 Å². The molecular formula is C16H18FN5. The molecule has 3 rings (SSSR count). The quantitative estimate of drug-likeness (QED) is 0.855. The van der Waals surface area contributed by atoms with Gasteiger partial charge in [0.2, 0.25) is 0 Å². The van der Waals surface area contributed by atoms with E-state index in [1.807, 2.05) is 17.9 Å². The first-order chi connectivity index (χ1) is 10.5. The lowest BCUT2D eigenvalue weighted by Gasteiger charge is -2.36. The molecule has 1 aliphatic heterocycles. The van der Waals surface area contributed by atoms with Gasteiger partial charge >= 0.3 is 0 Å². The Hall–Kier alpha value is -2.42. The number of rotatable bonds is 2. The zero-order valence-electron chi connectivity index (χ0n) is 12.9. The molecular weight excluding hydrogens is 281 g/mol. The van der Waals surface area contributed by atoms with Gasteiger partial charge in [-0.25, -0.2) is 4.39 Å². The lowest BCUT2D eigenvalue weighted by atomic mass is 10.1. The molecule has 0 bridgehead atoms. The Morgan fingerprint density at radius 1 is 1.32 bits per heavy atom. The predicted octanol–water partition coefficient (Wildman–Crippen LogP) is 2.99. The van der Waals surface area contributed by atoms with Crippen LogP contribution in [-0.4, -0.2) is 21.3 Å². The molecule has 2 aromatic rings. The number of nitriles is 1. The topological polar surface area (TPSA) is 57.7 Å². The molecule has 1 aliphatic rings. The van der Waals surface area contributed by atoms with E-state index < -0.39 is 5.82 Å². The molecule has 0 saturated carbocycles. The fourth-order valence-electron chi connectivity index (χ4n) is 3.03. The van der Waals surface area contributed by atoms with Gasteiger partial charge in [0, 0.05) is 19.0 Å². The smallest absolute Gasteiger partial charge is 0.155 e. The van der Waals surface area contributed by atoms with Crippen LogP contribution < -0.4 is 4.90 Å². The highest BCUT2D eigenvalue weighted by Crippen LogP contribution is 2.33. The molecule has 0 aliphatic carbocycles. The van der Waals surface area contributed by atoms with E-state index in [1.165, 1.54) is 6.07 Å². The number of hydrogen-bond acceptors (Lipinski definition) is 4. The van der Waals surface area contributed by atoms with Crippen LogP contribution in [0, 0.1) is 17.1 Å². The summed E-state index contributed by atoms with van der Waals surface area (Å²) in [5, 5.41) is 17.8. The van der Waals surface area contributed by atoms with E-state index in [9.17, 15) is 9.65 Å². The van der Waals surface area contributed by atoms with Gasteiger partial charge in [-0.05, 0) is 19.1 Å². The van der Waals surface area contributed by atoms with E-state index in [1.54, 1.807) is 12.1 Å². The van der Waals surface area contributed by atoms with Crippen LogP contribution in [0.4, 0.5) is 10.1 Å². The van der Waals surface area contributed by atoms with Gasteiger partial charge in [0.1, 0.15) is 23.3 Å². The average molecular weight is 299 g/mol. The third-order valence-corrected chi connectivity index (χ3v) is 4.14. The van der Waals surface area contributed by atoms with Crippen LogP contribution in [0.3, 0.4) is 0 Å². The lowest BCUT2D eigenvalue weighted by molar-refractivity contribution is 0.479. The summed E-state index contributed by atoms with van der Waals surface area (Å²) in [6.45, 7) is 7.63. The van der Waals surface area contributed by atoms with E-state index in [-0.39, 0.29) is 11.6 Å². The minimum atomic E-state index is -0.484. The van der Waals surface area contributed by atoms with Crippen LogP contribution in [0.15, 0.2) is 18.2 Å². The number of fused-ring (bicyclic) bond motifs is 1. The van der Waals surface area contributed by atoms with Gasteiger partial charge in [-0.2, -0.15) is 5.26 Å². The molecule has 1 aromatic heterocycles. The number of aromatic nitrogens is 3. The minimum absolute atomic E-state index is 0.0531. The third kappa shape index (κ3) is 2.13. The second-order valence-corrected chi connectivity index (χ2v) is 5.84. The molecule has 0 spiro atoms. The number of benzene rings is 1. The second-order valence-electron chi connectivity index (χ2n) is 5.84. The van der Waals surface area contributed by atoms with Crippen molar-refractivity contribution in [2.45, 2.75) is 39.3 Å². The van der Waals surface area contributed by atoms with Gasteiger partial charge in [0.05, 0.1) is 11.7 Å². The number of nitrogens with zero attached hydrogens (tertiary/aromatic N) is 5. The maximum Gasteiger partial charge on any atom is 0.155 e. The lowest BCUT2D eigenvalue weighted by Crippen LogP contribution is -2.38. The van der Waals surface area contributed by atoms with Crippen molar-refractivity contribution in [1.82, 2.24) is 14.8 Å². The van der Waals surface area contributed by atoms with Crippen LogP contribution >= 0.6 is 0 Å². The standard InChI is InChI=1S/C16H18FN5/c1-10(2)15-19-20-16-11(3)21(7-8-22(15)16)14-6-4-5-13(17)12(14)9-18/h4-6,10-11H,7-8H2,1-3H3. The van der Waals surface area contributed by atoms with E-state index >= 15 is 0 Å². The molecule has 1 atom stereocenters. The summed E-state index contributed by atoms with van der Waals surface area (Å²) in [6.07, 6.45) is 0. The average Bonchev–Trinajstić information content (AvgIpc) is 2.92. The highest BCUT2D eigenvalue weighted by atomic mass is 19.1. The van der Waals surface area contributed by atoms with Gasteiger partial charge in [-0.1, -0.05) is 19.9 Å². The zero-order chi connectivity index (χ0) is 15.9. The molecule has 2 heterocycles. The van der Waals surface area contributed by atoms with Crippen molar-refractivity contribution in [1.29, 1.82) is 5.26 Å². The molecule has 22 heavy (non-hydrogen) atoms. The fourth-order valence-corrected chi connectivity index (χ4v) is 3.03. The summed E-state index contributed by atoms with van der Waals surface area (Å²) in [5.41, 5.74) is 0.710. The van der Waals surface area contributed by atoms with Crippen LogP contribution in [0.25, 0.3) is 0 Å². The van der Waals surface area contributed by atoms with Crippen molar-refractivity contribution in [3.8, 4) is 6.07 Å². The van der Waals surface area contributed by atoms with E-state index in [4.69, 9.17) is 0 Å².